The quantitative estimate of drug-likeness (QED) is 0.376. The Hall–Kier alpha value is -1.94. The largest absolute Gasteiger partial charge is 0.312 e. The van der Waals surface area contributed by atoms with E-state index in [1.54, 1.807) is 54.6 Å². The van der Waals surface area contributed by atoms with Crippen LogP contribution in [0.5, 0.6) is 0 Å². The first kappa shape index (κ1) is 21.8. The average Bonchev–Trinajstić information content (AvgIpc) is 2.73. The first-order valence-corrected chi connectivity index (χ1v) is 16.7. The molecule has 0 aliphatic rings. The highest BCUT2D eigenvalue weighted by atomic mass is 32.2. The van der Waals surface area contributed by atoms with Gasteiger partial charge in [0.25, 0.3) is 0 Å². The van der Waals surface area contributed by atoms with Crippen molar-refractivity contribution in [1.29, 1.82) is 0 Å². The van der Waals surface area contributed by atoms with Gasteiger partial charge in [-0.15, -0.1) is 0 Å². The molecule has 3 nitrogen and oxygen atoms in total. The van der Waals surface area contributed by atoms with E-state index < -0.39 is 30.0 Å². The number of benzene rings is 3. The van der Waals surface area contributed by atoms with E-state index >= 15 is 0 Å². The summed E-state index contributed by atoms with van der Waals surface area (Å²) in [4.78, 5) is -0.760. The van der Waals surface area contributed by atoms with Gasteiger partial charge in [-0.05, 0) is 18.2 Å². The van der Waals surface area contributed by atoms with E-state index in [1.807, 2.05) is 36.4 Å². The SMILES string of the molecule is C[Si](C)(C)CC(P(=O)(c1ccccc1)c1ccccc1)S(=O)(=O)c1ccccc1. The van der Waals surface area contributed by atoms with Crippen molar-refractivity contribution in [3.8, 4) is 0 Å². The Kier molecular flexibility index (Phi) is 6.32. The van der Waals surface area contributed by atoms with Gasteiger partial charge >= 0.3 is 0 Å². The van der Waals surface area contributed by atoms with Crippen molar-refractivity contribution in [3.63, 3.8) is 0 Å². The monoisotopic (exact) mass is 442 g/mol. The molecular formula is C23H27O3PSSi. The van der Waals surface area contributed by atoms with Crippen LogP contribution < -0.4 is 10.6 Å². The smallest absolute Gasteiger partial charge is 0.188 e. The molecule has 0 aromatic heterocycles. The minimum absolute atomic E-state index is 0.232. The van der Waals surface area contributed by atoms with Gasteiger partial charge in [-0.25, -0.2) is 8.42 Å². The second-order valence-electron chi connectivity index (χ2n) is 8.41. The first-order chi connectivity index (χ1) is 13.7. The van der Waals surface area contributed by atoms with E-state index in [2.05, 4.69) is 19.6 Å². The summed E-state index contributed by atoms with van der Waals surface area (Å²) in [5.74, 6) is 0. The molecule has 0 bridgehead atoms. The molecule has 6 heteroatoms. The molecule has 3 aromatic carbocycles. The summed E-state index contributed by atoms with van der Waals surface area (Å²) in [5.41, 5.74) is 0. The lowest BCUT2D eigenvalue weighted by atomic mass is 10.4. The Bertz CT molecular complexity index is 1050. The Balaban J connectivity index is 2.32. The minimum Gasteiger partial charge on any atom is -0.312 e. The van der Waals surface area contributed by atoms with Crippen LogP contribution in [0.1, 0.15) is 0 Å². The van der Waals surface area contributed by atoms with Crippen LogP contribution in [0, 0.1) is 0 Å². The summed E-state index contributed by atoms with van der Waals surface area (Å²) in [6.07, 6.45) is 0. The molecule has 29 heavy (non-hydrogen) atoms. The minimum atomic E-state index is -3.82. The molecule has 3 rings (SSSR count). The van der Waals surface area contributed by atoms with Crippen LogP contribution in [0.3, 0.4) is 0 Å². The van der Waals surface area contributed by atoms with Gasteiger partial charge in [0.2, 0.25) is 0 Å². The third-order valence-electron chi connectivity index (χ3n) is 4.90. The molecule has 0 saturated heterocycles. The molecule has 0 saturated carbocycles. The molecule has 0 N–H and O–H groups in total. The highest BCUT2D eigenvalue weighted by molar-refractivity contribution is 8.03. The van der Waals surface area contributed by atoms with Gasteiger partial charge in [0.15, 0.2) is 17.0 Å². The highest BCUT2D eigenvalue weighted by Crippen LogP contribution is 2.55. The summed E-state index contributed by atoms with van der Waals surface area (Å²) in [7, 11) is -9.18. The number of sulfone groups is 1. The zero-order valence-electron chi connectivity index (χ0n) is 17.0. The molecule has 0 fully saturated rings. The molecule has 0 amide bonds. The highest BCUT2D eigenvalue weighted by Gasteiger charge is 2.47. The Morgan fingerprint density at radius 3 is 1.48 bits per heavy atom. The van der Waals surface area contributed by atoms with E-state index in [1.165, 1.54) is 0 Å². The Morgan fingerprint density at radius 1 is 0.724 bits per heavy atom. The van der Waals surface area contributed by atoms with E-state index in [9.17, 15) is 13.0 Å². The number of rotatable bonds is 7. The van der Waals surface area contributed by atoms with Crippen molar-refractivity contribution in [2.75, 3.05) is 0 Å². The molecule has 1 unspecified atom stereocenters. The summed E-state index contributed by atoms with van der Waals surface area (Å²) in [6, 6.07) is 27.1. The third kappa shape index (κ3) is 4.63. The average molecular weight is 443 g/mol. The van der Waals surface area contributed by atoms with Crippen LogP contribution in [-0.2, 0) is 14.4 Å². The fourth-order valence-electron chi connectivity index (χ4n) is 3.51. The molecule has 3 aromatic rings. The van der Waals surface area contributed by atoms with Crippen LogP contribution in [-0.4, -0.2) is 21.5 Å². The van der Waals surface area contributed by atoms with E-state index in [0.29, 0.717) is 16.7 Å². The normalized spacial score (nSPS) is 13.8. The molecule has 0 heterocycles. The van der Waals surface area contributed by atoms with Gasteiger partial charge < -0.3 is 4.57 Å². The second kappa shape index (κ2) is 8.43. The molecular weight excluding hydrogens is 415 g/mol. The van der Waals surface area contributed by atoms with E-state index in [0.717, 1.165) is 0 Å². The van der Waals surface area contributed by atoms with Gasteiger partial charge in [-0.2, -0.15) is 0 Å². The lowest BCUT2D eigenvalue weighted by molar-refractivity contribution is 0.575. The van der Waals surface area contributed by atoms with Crippen LogP contribution >= 0.6 is 7.14 Å². The van der Waals surface area contributed by atoms with Crippen molar-refractivity contribution in [2.24, 2.45) is 0 Å². The van der Waals surface area contributed by atoms with Crippen LogP contribution in [0.25, 0.3) is 0 Å². The zero-order valence-corrected chi connectivity index (χ0v) is 19.7. The lowest BCUT2D eigenvalue weighted by Crippen LogP contribution is -2.37. The maximum absolute atomic E-state index is 14.9. The Morgan fingerprint density at radius 2 is 1.10 bits per heavy atom. The number of hydrogen-bond acceptors (Lipinski definition) is 3. The molecule has 0 aliphatic carbocycles. The van der Waals surface area contributed by atoms with Crippen molar-refractivity contribution in [1.82, 2.24) is 0 Å². The van der Waals surface area contributed by atoms with Gasteiger partial charge in [0, 0.05) is 18.7 Å². The van der Waals surface area contributed by atoms with Gasteiger partial charge in [0.05, 0.1) is 4.90 Å². The topological polar surface area (TPSA) is 51.2 Å². The maximum Gasteiger partial charge on any atom is 0.188 e. The summed E-state index contributed by atoms with van der Waals surface area (Å²) in [5, 5.41) is 1.18. The second-order valence-corrected chi connectivity index (χ2v) is 19.4. The maximum atomic E-state index is 14.9. The van der Waals surface area contributed by atoms with Crippen molar-refractivity contribution in [3.05, 3.63) is 91.0 Å². The van der Waals surface area contributed by atoms with Gasteiger partial charge in [-0.3, -0.25) is 0 Å². The molecule has 152 valence electrons. The van der Waals surface area contributed by atoms with E-state index in [-0.39, 0.29) is 4.90 Å². The molecule has 1 atom stereocenters. The lowest BCUT2D eigenvalue weighted by Gasteiger charge is -2.32. The standard InChI is InChI=1S/C23H27O3PSSi/c1-29(2,3)19-23(28(25,26)22-17-11-6-12-18-22)27(24,20-13-7-4-8-14-20)21-15-9-5-10-16-21/h4-18,23H,19H2,1-3H3. The fourth-order valence-corrected chi connectivity index (χ4v) is 15.3. The van der Waals surface area contributed by atoms with Gasteiger partial charge in [0.1, 0.15) is 4.99 Å². The summed E-state index contributed by atoms with van der Waals surface area (Å²) >= 11 is 0. The zero-order chi connectivity index (χ0) is 21.1. The van der Waals surface area contributed by atoms with Crippen LogP contribution in [0.4, 0.5) is 0 Å². The number of hydrogen-bond donors (Lipinski definition) is 0. The fraction of sp³-hybridized carbons (Fsp3) is 0.217. The Labute approximate surface area is 175 Å². The summed E-state index contributed by atoms with van der Waals surface area (Å²) < 4.78 is 42.6. The van der Waals surface area contributed by atoms with Gasteiger partial charge in [-0.1, -0.05) is 98.5 Å². The van der Waals surface area contributed by atoms with Crippen molar-refractivity contribution >= 4 is 35.7 Å². The third-order valence-corrected chi connectivity index (χ3v) is 13.8. The predicted molar refractivity (Wildman–Crippen MR) is 125 cm³/mol. The van der Waals surface area contributed by atoms with Crippen molar-refractivity contribution in [2.45, 2.75) is 35.6 Å². The molecule has 0 aliphatic heterocycles. The van der Waals surface area contributed by atoms with Crippen molar-refractivity contribution < 1.29 is 13.0 Å². The van der Waals surface area contributed by atoms with Crippen LogP contribution in [0.2, 0.25) is 25.7 Å². The predicted octanol–water partition coefficient (Wildman–Crippen LogP) is 5.14. The first-order valence-electron chi connectivity index (χ1n) is 9.65. The molecule has 0 spiro atoms. The van der Waals surface area contributed by atoms with Crippen LogP contribution in [0.15, 0.2) is 95.9 Å². The summed E-state index contributed by atoms with van der Waals surface area (Å²) in [6.45, 7) is 6.38. The van der Waals surface area contributed by atoms with E-state index in [4.69, 9.17) is 0 Å². The molecule has 0 radical (unpaired) electrons.